The first kappa shape index (κ1) is 19.6. The molecule has 0 saturated heterocycles. The lowest BCUT2D eigenvalue weighted by molar-refractivity contribution is 0.477. The number of aliphatic imine (C=N–C) groups is 1. The second-order valence-corrected chi connectivity index (χ2v) is 6.77. The third-order valence-corrected chi connectivity index (χ3v) is 4.55. The van der Waals surface area contributed by atoms with Crippen LogP contribution < -0.4 is 5.32 Å². The van der Waals surface area contributed by atoms with Crippen molar-refractivity contribution in [2.24, 2.45) is 4.99 Å². The lowest BCUT2D eigenvalue weighted by Gasteiger charge is -2.21. The fourth-order valence-electron chi connectivity index (χ4n) is 3.05. The van der Waals surface area contributed by atoms with Crippen LogP contribution in [0.4, 0.5) is 0 Å². The largest absolute Gasteiger partial charge is 0.357 e. The van der Waals surface area contributed by atoms with Gasteiger partial charge >= 0.3 is 0 Å². The van der Waals surface area contributed by atoms with Gasteiger partial charge in [-0.25, -0.2) is 4.68 Å². The highest BCUT2D eigenvalue weighted by molar-refractivity contribution is 5.79. The van der Waals surface area contributed by atoms with E-state index in [1.807, 2.05) is 53.6 Å². The number of nitrogens with one attached hydrogen (secondary N) is 1. The number of para-hydroxylation sites is 1. The summed E-state index contributed by atoms with van der Waals surface area (Å²) in [4.78, 5) is 11.1. The van der Waals surface area contributed by atoms with Gasteiger partial charge in [-0.1, -0.05) is 18.2 Å². The van der Waals surface area contributed by atoms with Gasteiger partial charge in [-0.3, -0.25) is 9.98 Å². The number of nitrogens with zero attached hydrogens (tertiary/aromatic N) is 5. The van der Waals surface area contributed by atoms with E-state index in [-0.39, 0.29) is 0 Å². The molecule has 1 aromatic carbocycles. The molecule has 146 valence electrons. The van der Waals surface area contributed by atoms with Gasteiger partial charge in [0.25, 0.3) is 0 Å². The van der Waals surface area contributed by atoms with Gasteiger partial charge in [-0.05, 0) is 49.6 Å². The number of hydrogen-bond acceptors (Lipinski definition) is 3. The zero-order valence-corrected chi connectivity index (χ0v) is 16.8. The molecule has 2 heterocycles. The molecular formula is C22H28N6. The number of hydrogen-bond donors (Lipinski definition) is 1. The van der Waals surface area contributed by atoms with Gasteiger partial charge in [0.15, 0.2) is 5.96 Å². The molecule has 0 amide bonds. The molecule has 0 unspecified atom stereocenters. The van der Waals surface area contributed by atoms with Crippen molar-refractivity contribution in [1.29, 1.82) is 0 Å². The van der Waals surface area contributed by atoms with E-state index in [2.05, 4.69) is 53.5 Å². The van der Waals surface area contributed by atoms with Crippen molar-refractivity contribution >= 4 is 5.96 Å². The molecule has 0 saturated carbocycles. The second-order valence-electron chi connectivity index (χ2n) is 6.77. The minimum atomic E-state index is 0.737. The Morgan fingerprint density at radius 3 is 2.75 bits per heavy atom. The van der Waals surface area contributed by atoms with Gasteiger partial charge < -0.3 is 10.2 Å². The van der Waals surface area contributed by atoms with Crippen molar-refractivity contribution in [2.75, 3.05) is 20.1 Å². The van der Waals surface area contributed by atoms with Crippen LogP contribution in [0.15, 0.2) is 66.2 Å². The van der Waals surface area contributed by atoms with Crippen molar-refractivity contribution < 1.29 is 0 Å². The molecule has 0 bridgehead atoms. The summed E-state index contributed by atoms with van der Waals surface area (Å²) < 4.78 is 1.90. The van der Waals surface area contributed by atoms with E-state index in [1.54, 1.807) is 0 Å². The number of benzene rings is 1. The van der Waals surface area contributed by atoms with Crippen molar-refractivity contribution in [3.8, 4) is 5.69 Å². The van der Waals surface area contributed by atoms with Gasteiger partial charge in [0.2, 0.25) is 0 Å². The summed E-state index contributed by atoms with van der Waals surface area (Å²) in [6.07, 6.45) is 8.63. The Hall–Kier alpha value is -3.15. The van der Waals surface area contributed by atoms with Crippen molar-refractivity contribution in [2.45, 2.75) is 26.8 Å². The van der Waals surface area contributed by atoms with Crippen LogP contribution in [0, 0.1) is 6.92 Å². The molecule has 0 aliphatic rings. The Kier molecular flexibility index (Phi) is 6.78. The summed E-state index contributed by atoms with van der Waals surface area (Å²) >= 11 is 0. The number of aromatic nitrogens is 3. The Morgan fingerprint density at radius 2 is 2.00 bits per heavy atom. The number of rotatable bonds is 7. The Balaban J connectivity index is 1.63. The van der Waals surface area contributed by atoms with Gasteiger partial charge in [-0.2, -0.15) is 5.10 Å². The van der Waals surface area contributed by atoms with Gasteiger partial charge in [0, 0.05) is 50.8 Å². The summed E-state index contributed by atoms with van der Waals surface area (Å²) in [6, 6.07) is 12.2. The zero-order chi connectivity index (χ0) is 19.8. The quantitative estimate of drug-likeness (QED) is 0.508. The first-order valence-electron chi connectivity index (χ1n) is 9.65. The first-order valence-corrected chi connectivity index (χ1v) is 9.65. The average molecular weight is 377 g/mol. The van der Waals surface area contributed by atoms with E-state index < -0.39 is 0 Å². The molecule has 0 aliphatic heterocycles. The molecule has 1 N–H and O–H groups in total. The highest BCUT2D eigenvalue weighted by Crippen LogP contribution is 2.10. The van der Waals surface area contributed by atoms with E-state index in [4.69, 9.17) is 4.99 Å². The first-order chi connectivity index (χ1) is 13.7. The molecule has 3 aromatic rings. The highest BCUT2D eigenvalue weighted by Gasteiger charge is 2.09. The molecule has 0 fully saturated rings. The van der Waals surface area contributed by atoms with Crippen LogP contribution in [0.5, 0.6) is 0 Å². The molecular weight excluding hydrogens is 348 g/mol. The van der Waals surface area contributed by atoms with Crippen molar-refractivity contribution in [1.82, 2.24) is 25.0 Å². The number of aryl methyl sites for hydroxylation is 1. The van der Waals surface area contributed by atoms with E-state index in [9.17, 15) is 0 Å². The van der Waals surface area contributed by atoms with Gasteiger partial charge in [-0.15, -0.1) is 0 Å². The summed E-state index contributed by atoms with van der Waals surface area (Å²) in [6.45, 7) is 6.49. The van der Waals surface area contributed by atoms with E-state index in [1.165, 1.54) is 11.1 Å². The predicted octanol–water partition coefficient (Wildman–Crippen LogP) is 3.22. The lowest BCUT2D eigenvalue weighted by atomic mass is 10.1. The van der Waals surface area contributed by atoms with Crippen LogP contribution in [-0.4, -0.2) is 45.8 Å². The summed E-state index contributed by atoms with van der Waals surface area (Å²) in [5.74, 6) is 0.904. The maximum Gasteiger partial charge on any atom is 0.193 e. The Labute approximate surface area is 166 Å². The van der Waals surface area contributed by atoms with Crippen molar-refractivity contribution in [3.05, 3.63) is 77.9 Å². The third-order valence-electron chi connectivity index (χ3n) is 4.55. The van der Waals surface area contributed by atoms with Crippen LogP contribution in [0.2, 0.25) is 0 Å². The standard InChI is InChI=1S/C22H28N6/c1-4-24-22(25-13-11-20-10-12-23-14-18(20)2)27(3)16-19-15-26-28(17-19)21-8-6-5-7-9-21/h5-10,12,14-15,17H,4,11,13,16H2,1-3H3,(H,24,25). The molecule has 2 aromatic heterocycles. The van der Waals surface area contributed by atoms with Crippen LogP contribution in [0.25, 0.3) is 5.69 Å². The lowest BCUT2D eigenvalue weighted by Crippen LogP contribution is -2.38. The number of pyridine rings is 1. The van der Waals surface area contributed by atoms with Gasteiger partial charge in [0.05, 0.1) is 11.9 Å². The summed E-state index contributed by atoms with van der Waals surface area (Å²) in [7, 11) is 2.05. The Morgan fingerprint density at radius 1 is 1.18 bits per heavy atom. The monoisotopic (exact) mass is 376 g/mol. The molecule has 0 aliphatic carbocycles. The maximum atomic E-state index is 4.79. The van der Waals surface area contributed by atoms with E-state index in [0.29, 0.717) is 0 Å². The highest BCUT2D eigenvalue weighted by atomic mass is 15.3. The smallest absolute Gasteiger partial charge is 0.193 e. The van der Waals surface area contributed by atoms with Crippen molar-refractivity contribution in [3.63, 3.8) is 0 Å². The van der Waals surface area contributed by atoms with Crippen LogP contribution in [-0.2, 0) is 13.0 Å². The molecule has 0 atom stereocenters. The van der Waals surface area contributed by atoms with Crippen LogP contribution in [0.3, 0.4) is 0 Å². The predicted molar refractivity (Wildman–Crippen MR) is 114 cm³/mol. The minimum absolute atomic E-state index is 0.737. The molecule has 6 nitrogen and oxygen atoms in total. The topological polar surface area (TPSA) is 58.3 Å². The van der Waals surface area contributed by atoms with Crippen LogP contribution >= 0.6 is 0 Å². The Bertz CT molecular complexity index is 900. The van der Waals surface area contributed by atoms with E-state index >= 15 is 0 Å². The number of guanidine groups is 1. The fourth-order valence-corrected chi connectivity index (χ4v) is 3.05. The van der Waals surface area contributed by atoms with Gasteiger partial charge in [0.1, 0.15) is 0 Å². The summed E-state index contributed by atoms with van der Waals surface area (Å²) in [5.41, 5.74) is 4.71. The average Bonchev–Trinajstić information content (AvgIpc) is 3.18. The fraction of sp³-hybridized carbons (Fsp3) is 0.318. The summed E-state index contributed by atoms with van der Waals surface area (Å²) in [5, 5.41) is 7.86. The maximum absolute atomic E-state index is 4.79. The SMILES string of the molecule is CCNC(=NCCc1ccncc1C)N(C)Cc1cnn(-c2ccccc2)c1. The minimum Gasteiger partial charge on any atom is -0.357 e. The molecule has 0 radical (unpaired) electrons. The third kappa shape index (κ3) is 5.19. The zero-order valence-electron chi connectivity index (χ0n) is 16.8. The normalized spacial score (nSPS) is 11.5. The van der Waals surface area contributed by atoms with E-state index in [0.717, 1.165) is 43.3 Å². The second kappa shape index (κ2) is 9.69. The molecule has 28 heavy (non-hydrogen) atoms. The molecule has 0 spiro atoms. The molecule has 6 heteroatoms. The molecule has 3 rings (SSSR count). The van der Waals surface area contributed by atoms with Crippen LogP contribution in [0.1, 0.15) is 23.6 Å².